The van der Waals surface area contributed by atoms with Crippen LogP contribution in [0.4, 0.5) is 0 Å². The first-order chi connectivity index (χ1) is 8.86. The summed E-state index contributed by atoms with van der Waals surface area (Å²) in [5.74, 6) is 0.847. The molecule has 0 aromatic carbocycles. The Labute approximate surface area is 106 Å². The summed E-state index contributed by atoms with van der Waals surface area (Å²) in [4.78, 5) is 9.79. The van der Waals surface area contributed by atoms with E-state index in [4.69, 9.17) is 9.78 Å². The molecule has 0 N–H and O–H groups in total. The minimum absolute atomic E-state index is 0.405. The Kier molecular flexibility index (Phi) is 2.59. The Morgan fingerprint density at radius 2 is 2.17 bits per heavy atom. The standard InChI is InChI=1S/C12H6N4OS/c13-7-8-4-5-10(18-8)12-15-11(16-17-12)9-3-1-2-6-14-9/h1-6H. The average molecular weight is 254 g/mol. The molecule has 86 valence electrons. The zero-order chi connectivity index (χ0) is 12.4. The van der Waals surface area contributed by atoms with Gasteiger partial charge in [-0.3, -0.25) is 4.98 Å². The van der Waals surface area contributed by atoms with Crippen LogP contribution in [0.3, 0.4) is 0 Å². The zero-order valence-corrected chi connectivity index (χ0v) is 9.89. The van der Waals surface area contributed by atoms with Crippen molar-refractivity contribution >= 4 is 11.3 Å². The molecule has 0 atom stereocenters. The van der Waals surface area contributed by atoms with Crippen LogP contribution < -0.4 is 0 Å². The highest BCUT2D eigenvalue weighted by Gasteiger charge is 2.13. The lowest BCUT2D eigenvalue weighted by atomic mass is 10.3. The molecule has 0 amide bonds. The summed E-state index contributed by atoms with van der Waals surface area (Å²) in [5.41, 5.74) is 0.657. The molecule has 3 aromatic heterocycles. The van der Waals surface area contributed by atoms with E-state index in [1.807, 2.05) is 18.2 Å². The number of thiophene rings is 1. The van der Waals surface area contributed by atoms with E-state index in [1.54, 1.807) is 18.3 Å². The number of nitrogens with zero attached hydrogens (tertiary/aromatic N) is 4. The Balaban J connectivity index is 1.97. The van der Waals surface area contributed by atoms with E-state index in [2.05, 4.69) is 21.2 Å². The van der Waals surface area contributed by atoms with Gasteiger partial charge in [-0.25, -0.2) is 0 Å². The second kappa shape index (κ2) is 4.39. The molecule has 0 unspecified atom stereocenters. The van der Waals surface area contributed by atoms with Crippen molar-refractivity contribution in [1.82, 2.24) is 15.1 Å². The number of aromatic nitrogens is 3. The third-order valence-electron chi connectivity index (χ3n) is 2.25. The van der Waals surface area contributed by atoms with Crippen LogP contribution >= 0.6 is 11.3 Å². The SMILES string of the molecule is N#Cc1ccc(-c2nc(-c3ccccn3)no2)s1. The molecule has 3 rings (SSSR count). The van der Waals surface area contributed by atoms with Crippen molar-refractivity contribution in [2.24, 2.45) is 0 Å². The summed E-state index contributed by atoms with van der Waals surface area (Å²) in [7, 11) is 0. The van der Waals surface area contributed by atoms with Gasteiger partial charge in [0.1, 0.15) is 16.6 Å². The van der Waals surface area contributed by atoms with Crippen LogP contribution in [0.2, 0.25) is 0 Å². The van der Waals surface area contributed by atoms with E-state index in [-0.39, 0.29) is 0 Å². The molecule has 6 heteroatoms. The maximum absolute atomic E-state index is 8.76. The fraction of sp³-hybridized carbons (Fsp3) is 0. The summed E-state index contributed by atoms with van der Waals surface area (Å²) in [6, 6.07) is 11.1. The average Bonchev–Trinajstić information content (AvgIpc) is 3.08. The van der Waals surface area contributed by atoms with Crippen molar-refractivity contribution in [2.75, 3.05) is 0 Å². The van der Waals surface area contributed by atoms with E-state index < -0.39 is 0 Å². The molecule has 0 bridgehead atoms. The van der Waals surface area contributed by atoms with Crippen LogP contribution in [0.25, 0.3) is 22.3 Å². The van der Waals surface area contributed by atoms with Crippen molar-refractivity contribution < 1.29 is 4.52 Å². The summed E-state index contributed by atoms with van der Waals surface area (Å²) >= 11 is 1.32. The first kappa shape index (κ1) is 10.6. The van der Waals surface area contributed by atoms with Gasteiger partial charge in [0.15, 0.2) is 0 Å². The summed E-state index contributed by atoms with van der Waals surface area (Å²) < 4.78 is 5.16. The number of nitriles is 1. The molecule has 0 radical (unpaired) electrons. The largest absolute Gasteiger partial charge is 0.333 e. The lowest BCUT2D eigenvalue weighted by molar-refractivity contribution is 0.433. The lowest BCUT2D eigenvalue weighted by Gasteiger charge is -1.89. The summed E-state index contributed by atoms with van der Waals surface area (Å²) in [5, 5.41) is 12.6. The first-order valence-electron chi connectivity index (χ1n) is 5.12. The lowest BCUT2D eigenvalue weighted by Crippen LogP contribution is -1.83. The molecule has 5 nitrogen and oxygen atoms in total. The molecule has 0 fully saturated rings. The van der Waals surface area contributed by atoms with Gasteiger partial charge in [-0.15, -0.1) is 11.3 Å². The van der Waals surface area contributed by atoms with Gasteiger partial charge >= 0.3 is 0 Å². The minimum atomic E-state index is 0.405. The third-order valence-corrected chi connectivity index (χ3v) is 3.22. The van der Waals surface area contributed by atoms with E-state index in [0.29, 0.717) is 22.3 Å². The van der Waals surface area contributed by atoms with E-state index >= 15 is 0 Å². The fourth-order valence-electron chi connectivity index (χ4n) is 1.44. The second-order valence-corrected chi connectivity index (χ2v) is 4.50. The molecule has 0 saturated heterocycles. The Morgan fingerprint density at radius 3 is 2.89 bits per heavy atom. The van der Waals surface area contributed by atoms with E-state index in [1.165, 1.54) is 11.3 Å². The molecule has 0 aliphatic carbocycles. The van der Waals surface area contributed by atoms with Crippen LogP contribution in [0.5, 0.6) is 0 Å². The van der Waals surface area contributed by atoms with Crippen molar-refractivity contribution in [3.05, 3.63) is 41.4 Å². The van der Waals surface area contributed by atoms with Crippen LogP contribution in [-0.2, 0) is 0 Å². The molecule has 0 saturated carbocycles. The number of rotatable bonds is 2. The van der Waals surface area contributed by atoms with Crippen molar-refractivity contribution in [3.63, 3.8) is 0 Å². The highest BCUT2D eigenvalue weighted by atomic mass is 32.1. The third kappa shape index (κ3) is 1.87. The van der Waals surface area contributed by atoms with Gasteiger partial charge in [0.2, 0.25) is 5.82 Å². The van der Waals surface area contributed by atoms with Gasteiger partial charge in [-0.05, 0) is 24.3 Å². The second-order valence-electron chi connectivity index (χ2n) is 3.41. The maximum atomic E-state index is 8.76. The Bertz CT molecular complexity index is 711. The van der Waals surface area contributed by atoms with Crippen molar-refractivity contribution in [1.29, 1.82) is 5.26 Å². The Morgan fingerprint density at radius 1 is 1.22 bits per heavy atom. The van der Waals surface area contributed by atoms with Crippen LogP contribution in [0.15, 0.2) is 41.1 Å². The Hall–Kier alpha value is -2.52. The van der Waals surface area contributed by atoms with Crippen LogP contribution in [0, 0.1) is 11.3 Å². The minimum Gasteiger partial charge on any atom is -0.333 e. The van der Waals surface area contributed by atoms with Crippen molar-refractivity contribution in [3.8, 4) is 28.4 Å². The highest BCUT2D eigenvalue weighted by Crippen LogP contribution is 2.27. The topological polar surface area (TPSA) is 75.6 Å². The predicted molar refractivity (Wildman–Crippen MR) is 65.6 cm³/mol. The van der Waals surface area contributed by atoms with Gasteiger partial charge in [0.05, 0.1) is 4.88 Å². The van der Waals surface area contributed by atoms with Gasteiger partial charge in [-0.1, -0.05) is 11.2 Å². The van der Waals surface area contributed by atoms with Crippen LogP contribution in [0.1, 0.15) is 4.88 Å². The van der Waals surface area contributed by atoms with E-state index in [9.17, 15) is 0 Å². The van der Waals surface area contributed by atoms with Crippen LogP contribution in [-0.4, -0.2) is 15.1 Å². The van der Waals surface area contributed by atoms with Crippen molar-refractivity contribution in [2.45, 2.75) is 0 Å². The molecule has 18 heavy (non-hydrogen) atoms. The number of pyridine rings is 1. The smallest absolute Gasteiger partial charge is 0.268 e. The normalized spacial score (nSPS) is 10.2. The maximum Gasteiger partial charge on any atom is 0.268 e. The summed E-state index contributed by atoms with van der Waals surface area (Å²) in [6.07, 6.45) is 1.67. The fourth-order valence-corrected chi connectivity index (χ4v) is 2.16. The monoisotopic (exact) mass is 254 g/mol. The zero-order valence-electron chi connectivity index (χ0n) is 9.07. The number of hydrogen-bond donors (Lipinski definition) is 0. The molecular formula is C12H6N4OS. The first-order valence-corrected chi connectivity index (χ1v) is 5.94. The van der Waals surface area contributed by atoms with Gasteiger partial charge < -0.3 is 4.52 Å². The molecule has 0 aliphatic rings. The molecular weight excluding hydrogens is 248 g/mol. The molecule has 0 aliphatic heterocycles. The van der Waals surface area contributed by atoms with Gasteiger partial charge in [0, 0.05) is 6.20 Å². The summed E-state index contributed by atoms with van der Waals surface area (Å²) in [6.45, 7) is 0. The van der Waals surface area contributed by atoms with Gasteiger partial charge in [-0.2, -0.15) is 10.2 Å². The highest BCUT2D eigenvalue weighted by molar-refractivity contribution is 7.15. The van der Waals surface area contributed by atoms with E-state index in [0.717, 1.165) is 4.88 Å². The number of hydrogen-bond acceptors (Lipinski definition) is 6. The van der Waals surface area contributed by atoms with Gasteiger partial charge in [0.25, 0.3) is 5.89 Å². The molecule has 0 spiro atoms. The molecule has 3 aromatic rings. The molecule has 3 heterocycles. The quantitative estimate of drug-likeness (QED) is 0.702. The predicted octanol–water partition coefficient (Wildman–Crippen LogP) is 2.73.